The van der Waals surface area contributed by atoms with Crippen molar-refractivity contribution in [1.82, 2.24) is 34.4 Å². The fraction of sp³-hybridized carbons (Fsp3) is 0.167. The van der Waals surface area contributed by atoms with Gasteiger partial charge in [-0.15, -0.1) is 0 Å². The molecule has 7 rings (SSSR count). The second-order valence-electron chi connectivity index (χ2n) is 11.8. The van der Waals surface area contributed by atoms with E-state index in [0.717, 1.165) is 11.1 Å². The smallest absolute Gasteiger partial charge is 0.284 e. The van der Waals surface area contributed by atoms with Crippen molar-refractivity contribution >= 4 is 28.6 Å². The van der Waals surface area contributed by atoms with Gasteiger partial charge in [-0.1, -0.05) is 12.2 Å². The van der Waals surface area contributed by atoms with Crippen LogP contribution >= 0.6 is 0 Å². The van der Waals surface area contributed by atoms with E-state index in [-0.39, 0.29) is 23.3 Å². The van der Waals surface area contributed by atoms with Gasteiger partial charge in [0.1, 0.15) is 34.6 Å². The number of benzene rings is 2. The number of hydrogen-bond donors (Lipinski definition) is 2. The molecule has 1 atom stereocenters. The Morgan fingerprint density at radius 3 is 2.50 bits per heavy atom. The summed E-state index contributed by atoms with van der Waals surface area (Å²) in [6, 6.07) is 12.1. The van der Waals surface area contributed by atoms with Gasteiger partial charge in [0.05, 0.1) is 23.1 Å². The molecule has 13 nitrogen and oxygen atoms in total. The lowest BCUT2D eigenvalue weighted by Crippen LogP contribution is -2.25. The molecule has 0 fully saturated rings. The van der Waals surface area contributed by atoms with Crippen LogP contribution < -0.4 is 20.9 Å². The number of halogens is 1. The minimum atomic E-state index is -0.589. The Bertz CT molecular complexity index is 2400. The van der Waals surface area contributed by atoms with Gasteiger partial charge in [0.2, 0.25) is 17.5 Å². The molecule has 2 aromatic carbocycles. The summed E-state index contributed by atoms with van der Waals surface area (Å²) < 4.78 is 30.6. The number of rotatable bonds is 8. The third-order valence-corrected chi connectivity index (χ3v) is 8.40. The summed E-state index contributed by atoms with van der Waals surface area (Å²) >= 11 is 0. The SMILES string of the molecule is CC(=O)NC1=CC(c2c(-c3cnn(C)c3)oc3ncnc(Oc4ccc(NC(=O)c5c(C)n(C)n(-c6ccc(F)cc6)c5=O)cc4)c23)CC=C1. The van der Waals surface area contributed by atoms with Crippen LogP contribution in [0.2, 0.25) is 0 Å². The highest BCUT2D eigenvalue weighted by Gasteiger charge is 2.29. The number of carbonyl (C=O) groups excluding carboxylic acids is 2. The van der Waals surface area contributed by atoms with Crippen LogP contribution in [0.1, 0.15) is 40.9 Å². The Labute approximate surface area is 284 Å². The largest absolute Gasteiger partial charge is 0.438 e. The van der Waals surface area contributed by atoms with Gasteiger partial charge in [0, 0.05) is 50.1 Å². The highest BCUT2D eigenvalue weighted by Crippen LogP contribution is 2.44. The number of furan rings is 1. The maximum absolute atomic E-state index is 13.5. The van der Waals surface area contributed by atoms with Crippen molar-refractivity contribution in [3.8, 4) is 28.6 Å². The molecule has 0 saturated heterocycles. The van der Waals surface area contributed by atoms with Gasteiger partial charge in [-0.05, 0) is 68.0 Å². The normalized spacial score (nSPS) is 14.1. The van der Waals surface area contributed by atoms with Gasteiger partial charge >= 0.3 is 0 Å². The standard InChI is InChI=1S/C36H31FN8O5/c1-20-29(36(48)45(44(20)4)27-12-8-24(37)9-13-27)33(47)42-25-10-14-28(15-11-25)49-34-31-30(22-6-5-7-26(16-22)41-21(2)46)32(23-17-40-43(3)18-23)50-35(31)39-19-38-34/h5,7-19,22H,6H2,1-4H3,(H,41,46)(H,42,47). The quantitative estimate of drug-likeness (QED) is 0.210. The molecule has 4 aromatic heterocycles. The van der Waals surface area contributed by atoms with Crippen LogP contribution in [-0.2, 0) is 18.9 Å². The predicted octanol–water partition coefficient (Wildman–Crippen LogP) is 5.67. The van der Waals surface area contributed by atoms with Crippen LogP contribution in [0.3, 0.4) is 0 Å². The highest BCUT2D eigenvalue weighted by atomic mass is 19.1. The van der Waals surface area contributed by atoms with E-state index in [4.69, 9.17) is 9.15 Å². The number of aromatic nitrogens is 6. The van der Waals surface area contributed by atoms with Gasteiger partial charge in [-0.2, -0.15) is 5.10 Å². The molecular weight excluding hydrogens is 643 g/mol. The molecule has 0 spiro atoms. The Morgan fingerprint density at radius 2 is 1.80 bits per heavy atom. The van der Waals surface area contributed by atoms with Gasteiger partial charge in [0.15, 0.2) is 0 Å². The monoisotopic (exact) mass is 674 g/mol. The Kier molecular flexibility index (Phi) is 8.19. The maximum Gasteiger partial charge on any atom is 0.284 e. The first kappa shape index (κ1) is 32.0. The van der Waals surface area contributed by atoms with Crippen molar-refractivity contribution < 1.29 is 23.1 Å². The van der Waals surface area contributed by atoms with Crippen molar-refractivity contribution in [2.24, 2.45) is 14.1 Å². The minimum Gasteiger partial charge on any atom is -0.438 e. The molecule has 0 saturated carbocycles. The third kappa shape index (κ3) is 5.98. The van der Waals surface area contributed by atoms with Gasteiger partial charge in [-0.3, -0.25) is 23.7 Å². The summed E-state index contributed by atoms with van der Waals surface area (Å²) in [5.41, 5.74) is 3.24. The summed E-state index contributed by atoms with van der Waals surface area (Å²) in [5, 5.41) is 10.5. The van der Waals surface area contributed by atoms with Crippen molar-refractivity contribution in [2.45, 2.75) is 26.2 Å². The number of nitrogens with zero attached hydrogens (tertiary/aromatic N) is 6. The van der Waals surface area contributed by atoms with Crippen LogP contribution in [-0.4, -0.2) is 40.9 Å². The second-order valence-corrected chi connectivity index (χ2v) is 11.8. The summed E-state index contributed by atoms with van der Waals surface area (Å²) in [6.07, 6.45) is 11.3. The second kappa shape index (κ2) is 12.8. The molecule has 0 aliphatic heterocycles. The van der Waals surface area contributed by atoms with Crippen molar-refractivity contribution in [3.05, 3.63) is 124 Å². The van der Waals surface area contributed by atoms with Crippen molar-refractivity contribution in [1.29, 1.82) is 0 Å². The Balaban J connectivity index is 1.18. The number of aryl methyl sites for hydroxylation is 1. The molecule has 50 heavy (non-hydrogen) atoms. The molecule has 0 radical (unpaired) electrons. The topological polar surface area (TPSA) is 151 Å². The molecule has 1 unspecified atom stereocenters. The molecule has 2 N–H and O–H groups in total. The van der Waals surface area contributed by atoms with Crippen molar-refractivity contribution in [3.63, 3.8) is 0 Å². The fourth-order valence-electron chi connectivity index (χ4n) is 6.04. The minimum absolute atomic E-state index is 0.0364. The van der Waals surface area contributed by atoms with E-state index in [0.29, 0.717) is 51.8 Å². The molecule has 1 aliphatic carbocycles. The van der Waals surface area contributed by atoms with E-state index in [1.54, 1.807) is 53.8 Å². The molecule has 6 aromatic rings. The summed E-state index contributed by atoms with van der Waals surface area (Å²) in [5.74, 6) is -0.175. The average molecular weight is 675 g/mol. The molecule has 2 amide bonds. The lowest BCUT2D eigenvalue weighted by molar-refractivity contribution is -0.118. The average Bonchev–Trinajstić information content (AvgIpc) is 3.76. The zero-order chi connectivity index (χ0) is 35.1. The molecule has 1 aliphatic rings. The number of allylic oxidation sites excluding steroid dienone is 3. The van der Waals surface area contributed by atoms with E-state index >= 15 is 0 Å². The van der Waals surface area contributed by atoms with Gasteiger partial charge in [-0.25, -0.2) is 19.0 Å². The molecule has 14 heteroatoms. The van der Waals surface area contributed by atoms with Gasteiger partial charge in [0.25, 0.3) is 11.5 Å². The number of nitrogens with one attached hydrogen (secondary N) is 2. The summed E-state index contributed by atoms with van der Waals surface area (Å²) in [6.45, 7) is 3.12. The maximum atomic E-state index is 13.5. The zero-order valence-electron chi connectivity index (χ0n) is 27.5. The number of ether oxygens (including phenoxy) is 1. The first-order chi connectivity index (χ1) is 24.1. The fourth-order valence-corrected chi connectivity index (χ4v) is 6.04. The number of carbonyl (C=O) groups is 2. The predicted molar refractivity (Wildman–Crippen MR) is 183 cm³/mol. The first-order valence-corrected chi connectivity index (χ1v) is 15.6. The van der Waals surface area contributed by atoms with Gasteiger partial charge < -0.3 is 19.8 Å². The van der Waals surface area contributed by atoms with E-state index in [2.05, 4.69) is 25.7 Å². The number of anilines is 1. The van der Waals surface area contributed by atoms with E-state index in [1.165, 1.54) is 42.2 Å². The highest BCUT2D eigenvalue weighted by molar-refractivity contribution is 6.05. The van der Waals surface area contributed by atoms with Crippen LogP contribution in [0.5, 0.6) is 11.6 Å². The van der Waals surface area contributed by atoms with E-state index in [9.17, 15) is 18.8 Å². The third-order valence-electron chi connectivity index (χ3n) is 8.40. The van der Waals surface area contributed by atoms with Crippen molar-refractivity contribution in [2.75, 3.05) is 5.32 Å². The summed E-state index contributed by atoms with van der Waals surface area (Å²) in [7, 11) is 3.47. The first-order valence-electron chi connectivity index (χ1n) is 15.6. The Hall–Kier alpha value is -6.57. The number of hydrogen-bond acceptors (Lipinski definition) is 8. The van der Waals surface area contributed by atoms with E-state index < -0.39 is 17.3 Å². The number of fused-ring (bicyclic) bond motifs is 1. The molecule has 0 bridgehead atoms. The van der Waals surface area contributed by atoms with Crippen LogP contribution in [0.4, 0.5) is 10.1 Å². The molecule has 4 heterocycles. The van der Waals surface area contributed by atoms with E-state index in [1.807, 2.05) is 31.5 Å². The lowest BCUT2D eigenvalue weighted by Gasteiger charge is -2.18. The Morgan fingerprint density at radius 1 is 1.04 bits per heavy atom. The molecular formula is C36H31FN8O5. The number of amides is 2. The molecule has 252 valence electrons. The summed E-state index contributed by atoms with van der Waals surface area (Å²) in [4.78, 5) is 47.3. The van der Waals surface area contributed by atoms with Crippen LogP contribution in [0.25, 0.3) is 28.1 Å². The van der Waals surface area contributed by atoms with Crippen LogP contribution in [0.15, 0.2) is 100 Å². The lowest BCUT2D eigenvalue weighted by atomic mass is 9.88. The zero-order valence-corrected chi connectivity index (χ0v) is 27.5. The van der Waals surface area contributed by atoms with Crippen LogP contribution in [0, 0.1) is 12.7 Å².